The number of carbonyl (C=O) groups is 1. The van der Waals surface area contributed by atoms with E-state index in [-0.39, 0.29) is 17.6 Å². The van der Waals surface area contributed by atoms with Crippen molar-refractivity contribution in [2.24, 2.45) is 0 Å². The van der Waals surface area contributed by atoms with E-state index < -0.39 is 4.92 Å². The molecule has 0 saturated carbocycles. The molecule has 3 rings (SSSR count). The number of nitro groups is 1. The molecule has 1 heterocycles. The zero-order chi connectivity index (χ0) is 21.7. The molecule has 1 amide bonds. The highest BCUT2D eigenvalue weighted by atomic mass is 16.6. The molecule has 30 heavy (non-hydrogen) atoms. The van der Waals surface area contributed by atoms with Crippen molar-refractivity contribution >= 4 is 23.0 Å². The van der Waals surface area contributed by atoms with Crippen molar-refractivity contribution < 1.29 is 24.1 Å². The van der Waals surface area contributed by atoms with Gasteiger partial charge in [-0.05, 0) is 37.3 Å². The molecular weight excluding hydrogens is 388 g/mol. The number of rotatable bonds is 7. The number of hydrogen-bond donors (Lipinski definition) is 2. The van der Waals surface area contributed by atoms with E-state index in [0.29, 0.717) is 11.4 Å². The second-order valence-corrected chi connectivity index (χ2v) is 7.20. The lowest BCUT2D eigenvalue weighted by Crippen LogP contribution is -3.19. The maximum Gasteiger partial charge on any atom is 0.282 e. The van der Waals surface area contributed by atoms with Gasteiger partial charge in [0.25, 0.3) is 11.6 Å². The highest BCUT2D eigenvalue weighted by Gasteiger charge is 2.30. The molecule has 2 N–H and O–H groups in total. The number of benzene rings is 2. The molecule has 1 aliphatic heterocycles. The zero-order valence-electron chi connectivity index (χ0n) is 17.4. The highest BCUT2D eigenvalue weighted by molar-refractivity contribution is 5.95. The van der Waals surface area contributed by atoms with Crippen LogP contribution in [0.25, 0.3) is 0 Å². The van der Waals surface area contributed by atoms with Crippen LogP contribution in [0.1, 0.15) is 6.92 Å². The van der Waals surface area contributed by atoms with Gasteiger partial charge in [0.05, 0.1) is 51.0 Å². The van der Waals surface area contributed by atoms with Crippen LogP contribution < -0.4 is 24.6 Å². The molecule has 2 aromatic rings. The fourth-order valence-corrected chi connectivity index (χ4v) is 3.61. The van der Waals surface area contributed by atoms with Crippen LogP contribution in [-0.2, 0) is 4.79 Å². The van der Waals surface area contributed by atoms with Crippen LogP contribution in [0.5, 0.6) is 11.5 Å². The van der Waals surface area contributed by atoms with E-state index in [1.54, 1.807) is 7.11 Å². The number of ether oxygens (including phenoxy) is 2. The number of quaternary nitrogens is 1. The topological polar surface area (TPSA) is 98.4 Å². The maximum atomic E-state index is 12.8. The first-order chi connectivity index (χ1) is 14.4. The molecule has 0 unspecified atom stereocenters. The number of nitrogens with zero attached hydrogens (tertiary/aromatic N) is 2. The fourth-order valence-electron chi connectivity index (χ4n) is 3.61. The minimum Gasteiger partial charge on any atom is -0.497 e. The molecule has 2 aromatic carbocycles. The lowest BCUT2D eigenvalue weighted by Gasteiger charge is -2.36. The first-order valence-electron chi connectivity index (χ1n) is 9.79. The van der Waals surface area contributed by atoms with Crippen LogP contribution in [0, 0.1) is 10.1 Å². The van der Waals surface area contributed by atoms with E-state index in [9.17, 15) is 14.9 Å². The van der Waals surface area contributed by atoms with Crippen molar-refractivity contribution in [3.8, 4) is 11.5 Å². The summed E-state index contributed by atoms with van der Waals surface area (Å²) in [5, 5.41) is 13.8. The van der Waals surface area contributed by atoms with E-state index in [1.165, 1.54) is 30.2 Å². The van der Waals surface area contributed by atoms with Crippen molar-refractivity contribution in [3.63, 3.8) is 0 Å². The van der Waals surface area contributed by atoms with Crippen molar-refractivity contribution in [2.45, 2.75) is 13.0 Å². The average Bonchev–Trinajstić information content (AvgIpc) is 2.78. The van der Waals surface area contributed by atoms with Gasteiger partial charge in [-0.2, -0.15) is 0 Å². The van der Waals surface area contributed by atoms with Gasteiger partial charge in [0.2, 0.25) is 0 Å². The summed E-state index contributed by atoms with van der Waals surface area (Å²) < 4.78 is 10.4. The molecule has 0 radical (unpaired) electrons. The smallest absolute Gasteiger partial charge is 0.282 e. The third-order valence-corrected chi connectivity index (χ3v) is 5.50. The monoisotopic (exact) mass is 415 g/mol. The summed E-state index contributed by atoms with van der Waals surface area (Å²) in [4.78, 5) is 26.8. The van der Waals surface area contributed by atoms with Crippen LogP contribution in [0.2, 0.25) is 0 Å². The van der Waals surface area contributed by atoms with Gasteiger partial charge in [-0.25, -0.2) is 0 Å². The zero-order valence-corrected chi connectivity index (χ0v) is 17.4. The minimum absolute atomic E-state index is 0.0980. The average molecular weight is 415 g/mol. The molecule has 0 aliphatic carbocycles. The maximum absolute atomic E-state index is 12.8. The van der Waals surface area contributed by atoms with Gasteiger partial charge in [-0.15, -0.1) is 0 Å². The summed E-state index contributed by atoms with van der Waals surface area (Å²) in [5.41, 5.74) is 1.34. The second-order valence-electron chi connectivity index (χ2n) is 7.20. The quantitative estimate of drug-likeness (QED) is 0.523. The summed E-state index contributed by atoms with van der Waals surface area (Å²) in [6, 6.07) is 11.8. The van der Waals surface area contributed by atoms with E-state index in [4.69, 9.17) is 9.47 Å². The third kappa shape index (κ3) is 4.80. The number of methoxy groups -OCH3 is 2. The Morgan fingerprint density at radius 3 is 2.37 bits per heavy atom. The first-order valence-corrected chi connectivity index (χ1v) is 9.79. The summed E-state index contributed by atoms with van der Waals surface area (Å²) in [7, 11) is 3.11. The molecule has 160 valence electrons. The van der Waals surface area contributed by atoms with Crippen LogP contribution in [0.15, 0.2) is 42.5 Å². The molecule has 1 atom stereocenters. The number of anilines is 2. The number of carbonyl (C=O) groups excluding carboxylic acids is 1. The summed E-state index contributed by atoms with van der Waals surface area (Å²) in [6.45, 7) is 5.16. The van der Waals surface area contributed by atoms with Gasteiger partial charge < -0.3 is 24.6 Å². The number of hydrogen-bond acceptors (Lipinski definition) is 6. The standard InChI is InChI=1S/C21H26N4O5/c1-15(21(26)22-19-14-17(25(27)28)6-9-20(19)30-3)23-10-12-24(13-11-23)16-4-7-18(29-2)8-5-16/h4-9,14-15H,10-13H2,1-3H3,(H,22,26)/p+1/t15-/m0/s1. The number of amides is 1. The van der Waals surface area contributed by atoms with Crippen LogP contribution in [-0.4, -0.2) is 57.3 Å². The van der Waals surface area contributed by atoms with E-state index >= 15 is 0 Å². The molecule has 0 bridgehead atoms. The fraction of sp³-hybridized carbons (Fsp3) is 0.381. The molecule has 0 spiro atoms. The molecular formula is C21H27N4O5+. The van der Waals surface area contributed by atoms with Gasteiger partial charge in [-0.3, -0.25) is 14.9 Å². The SMILES string of the molecule is COc1ccc(N2CC[NH+]([C@@H](C)C(=O)Nc3cc([N+](=O)[O-])ccc3OC)CC2)cc1. The predicted octanol–water partition coefficient (Wildman–Crippen LogP) is 1.34. The Labute approximate surface area is 175 Å². The largest absolute Gasteiger partial charge is 0.497 e. The summed E-state index contributed by atoms with van der Waals surface area (Å²) >= 11 is 0. The van der Waals surface area contributed by atoms with Gasteiger partial charge in [0.1, 0.15) is 11.5 Å². The van der Waals surface area contributed by atoms with Gasteiger partial charge in [0, 0.05) is 17.8 Å². The molecule has 1 aliphatic rings. The van der Waals surface area contributed by atoms with Gasteiger partial charge in [-0.1, -0.05) is 0 Å². The first kappa shape index (κ1) is 21.4. The molecule has 9 nitrogen and oxygen atoms in total. The minimum atomic E-state index is -0.498. The second kappa shape index (κ2) is 9.45. The van der Waals surface area contributed by atoms with Crippen LogP contribution >= 0.6 is 0 Å². The lowest BCUT2D eigenvalue weighted by molar-refractivity contribution is -0.914. The van der Waals surface area contributed by atoms with Gasteiger partial charge >= 0.3 is 0 Å². The molecule has 1 fully saturated rings. The Bertz CT molecular complexity index is 895. The molecule has 9 heteroatoms. The molecule has 1 saturated heterocycles. The van der Waals surface area contributed by atoms with Crippen LogP contribution in [0.4, 0.5) is 17.1 Å². The van der Waals surface area contributed by atoms with Crippen LogP contribution in [0.3, 0.4) is 0 Å². The lowest BCUT2D eigenvalue weighted by atomic mass is 10.2. The van der Waals surface area contributed by atoms with E-state index in [0.717, 1.165) is 37.6 Å². The molecule has 0 aromatic heterocycles. The van der Waals surface area contributed by atoms with E-state index in [1.807, 2.05) is 31.2 Å². The number of nitro benzene ring substituents is 1. The Morgan fingerprint density at radius 1 is 1.13 bits per heavy atom. The Kier molecular flexibility index (Phi) is 6.73. The number of non-ortho nitro benzene ring substituents is 1. The van der Waals surface area contributed by atoms with Crippen molar-refractivity contribution in [2.75, 3.05) is 50.6 Å². The number of nitrogens with one attached hydrogen (secondary N) is 2. The summed E-state index contributed by atoms with van der Waals surface area (Å²) in [5.74, 6) is 1.02. The van der Waals surface area contributed by atoms with E-state index in [2.05, 4.69) is 10.2 Å². The third-order valence-electron chi connectivity index (χ3n) is 5.50. The normalized spacial score (nSPS) is 15.4. The predicted molar refractivity (Wildman–Crippen MR) is 114 cm³/mol. The highest BCUT2D eigenvalue weighted by Crippen LogP contribution is 2.28. The van der Waals surface area contributed by atoms with Crippen molar-refractivity contribution in [3.05, 3.63) is 52.6 Å². The number of piperazine rings is 1. The summed E-state index contributed by atoms with van der Waals surface area (Å²) in [6.07, 6.45) is 0. The Morgan fingerprint density at radius 2 is 1.80 bits per heavy atom. The van der Waals surface area contributed by atoms with Crippen molar-refractivity contribution in [1.29, 1.82) is 0 Å². The Hall–Kier alpha value is -3.33. The van der Waals surface area contributed by atoms with Crippen molar-refractivity contribution in [1.82, 2.24) is 0 Å². The van der Waals surface area contributed by atoms with Gasteiger partial charge in [0.15, 0.2) is 6.04 Å². The Balaban J connectivity index is 1.60.